The number of aliphatic imine (C=N–C) groups is 1. The Morgan fingerprint density at radius 3 is 2.62 bits per heavy atom. The monoisotopic (exact) mass is 510 g/mol. The molecule has 2 aromatic rings. The number of methoxy groups -OCH3 is 1. The molecule has 0 unspecified atom stereocenters. The van der Waals surface area contributed by atoms with Crippen molar-refractivity contribution in [3.05, 3.63) is 35.9 Å². The summed E-state index contributed by atoms with van der Waals surface area (Å²) in [4.78, 5) is 11.6. The summed E-state index contributed by atoms with van der Waals surface area (Å²) in [6, 6.07) is 6.07. The largest absolute Gasteiger partial charge is 0.493 e. The van der Waals surface area contributed by atoms with Crippen molar-refractivity contribution < 1.29 is 23.7 Å². The molecule has 3 heterocycles. The van der Waals surface area contributed by atoms with E-state index in [4.69, 9.17) is 29.4 Å². The van der Waals surface area contributed by atoms with Gasteiger partial charge in [-0.2, -0.15) is 0 Å². The van der Waals surface area contributed by atoms with Crippen LogP contribution in [0.1, 0.15) is 32.1 Å². The number of aromatic nitrogens is 1. The molecule has 0 amide bonds. The molecule has 0 bridgehead atoms. The first-order valence-corrected chi connectivity index (χ1v) is 13.4. The molecule has 9 heteroatoms. The molecule has 37 heavy (non-hydrogen) atoms. The molecule has 0 radical (unpaired) electrons. The van der Waals surface area contributed by atoms with Gasteiger partial charge in [-0.25, -0.2) is 0 Å². The number of hydrogen-bond acceptors (Lipinski definition) is 9. The second-order valence-corrected chi connectivity index (χ2v) is 9.80. The zero-order valence-corrected chi connectivity index (χ0v) is 21.7. The van der Waals surface area contributed by atoms with Crippen LogP contribution in [0.5, 0.6) is 17.2 Å². The second-order valence-electron chi connectivity index (χ2n) is 9.80. The Balaban J connectivity index is 1.33. The maximum atomic E-state index is 6.63. The normalized spacial score (nSPS) is 20.2. The summed E-state index contributed by atoms with van der Waals surface area (Å²) in [5.41, 5.74) is 8.13. The third-order valence-corrected chi connectivity index (χ3v) is 7.08. The summed E-state index contributed by atoms with van der Waals surface area (Å²) in [5, 5.41) is 0.831. The molecule has 2 saturated heterocycles. The van der Waals surface area contributed by atoms with Crippen LogP contribution >= 0.6 is 0 Å². The molecule has 1 saturated carbocycles. The van der Waals surface area contributed by atoms with Crippen LogP contribution < -0.4 is 19.9 Å². The van der Waals surface area contributed by atoms with Crippen molar-refractivity contribution in [1.29, 1.82) is 0 Å². The van der Waals surface area contributed by atoms with E-state index in [1.54, 1.807) is 19.5 Å². The fraction of sp³-hybridized carbons (Fsp3) is 0.571. The van der Waals surface area contributed by atoms with Crippen LogP contribution in [-0.4, -0.2) is 81.9 Å². The molecule has 200 valence electrons. The van der Waals surface area contributed by atoms with Gasteiger partial charge in [0.05, 0.1) is 50.4 Å². The van der Waals surface area contributed by atoms with Crippen LogP contribution in [0.15, 0.2) is 40.8 Å². The average molecular weight is 511 g/mol. The van der Waals surface area contributed by atoms with E-state index in [2.05, 4.69) is 14.9 Å². The number of benzene rings is 1. The van der Waals surface area contributed by atoms with E-state index in [9.17, 15) is 0 Å². The maximum Gasteiger partial charge on any atom is 0.164 e. The minimum absolute atomic E-state index is 0.217. The van der Waals surface area contributed by atoms with E-state index in [1.165, 1.54) is 0 Å². The van der Waals surface area contributed by atoms with Gasteiger partial charge in [-0.3, -0.25) is 14.9 Å². The van der Waals surface area contributed by atoms with Crippen LogP contribution in [0, 0.1) is 5.92 Å². The molecule has 3 fully saturated rings. The molecule has 0 spiro atoms. The van der Waals surface area contributed by atoms with Crippen molar-refractivity contribution in [2.24, 2.45) is 16.6 Å². The van der Waals surface area contributed by atoms with Gasteiger partial charge in [0.1, 0.15) is 5.75 Å². The number of ether oxygens (including phenoxy) is 5. The number of morpholine rings is 1. The molecule has 2 aliphatic heterocycles. The number of nitrogens with two attached hydrogens (primary N) is 1. The first kappa shape index (κ1) is 25.8. The lowest BCUT2D eigenvalue weighted by Crippen LogP contribution is -2.37. The van der Waals surface area contributed by atoms with Crippen molar-refractivity contribution in [2.45, 2.75) is 38.1 Å². The van der Waals surface area contributed by atoms with E-state index >= 15 is 0 Å². The van der Waals surface area contributed by atoms with Crippen LogP contribution in [0.25, 0.3) is 10.9 Å². The number of nitrogens with zero attached hydrogens (tertiary/aromatic N) is 3. The molecule has 3 aliphatic rings. The Labute approximate surface area is 218 Å². The van der Waals surface area contributed by atoms with Gasteiger partial charge in [0, 0.05) is 56.4 Å². The van der Waals surface area contributed by atoms with Crippen LogP contribution in [-0.2, 0) is 9.47 Å². The molecular weight excluding hydrogens is 472 g/mol. The first-order chi connectivity index (χ1) is 18.2. The lowest BCUT2D eigenvalue weighted by Gasteiger charge is -2.26. The zero-order valence-electron chi connectivity index (χ0n) is 21.7. The Kier molecular flexibility index (Phi) is 8.76. The SMILES string of the molecule is COc1cc2c(OC(C=NC3CC3)=C(N)C3CCOCC3)ccnc2cc1OCCCN1CCOCC1. The molecule has 2 N–H and O–H groups in total. The summed E-state index contributed by atoms with van der Waals surface area (Å²) >= 11 is 0. The zero-order chi connectivity index (χ0) is 25.5. The predicted octanol–water partition coefficient (Wildman–Crippen LogP) is 3.55. The number of rotatable bonds is 11. The summed E-state index contributed by atoms with van der Waals surface area (Å²) in [6.07, 6.45) is 8.47. The Hall–Kier alpha value is -2.88. The van der Waals surface area contributed by atoms with Gasteiger partial charge in [0.15, 0.2) is 17.3 Å². The summed E-state index contributed by atoms with van der Waals surface area (Å²) in [7, 11) is 1.65. The molecular formula is C28H38N4O5. The second kappa shape index (κ2) is 12.6. The fourth-order valence-electron chi connectivity index (χ4n) is 4.67. The van der Waals surface area contributed by atoms with Crippen molar-refractivity contribution in [1.82, 2.24) is 9.88 Å². The van der Waals surface area contributed by atoms with E-state index in [-0.39, 0.29) is 5.92 Å². The standard InChI is InChI=1S/C28H38N4O5/c1-33-25-17-22-23(18-26(25)36-12-2-9-32-10-15-35-16-11-32)30-8-5-24(22)37-27(19-31-21-3-4-21)28(29)20-6-13-34-14-7-20/h5,8,17-21H,2-4,6-7,9-16,29H2,1H3. The van der Waals surface area contributed by atoms with Crippen molar-refractivity contribution in [2.75, 3.05) is 59.8 Å². The molecule has 1 aliphatic carbocycles. The van der Waals surface area contributed by atoms with Gasteiger partial charge in [-0.05, 0) is 44.2 Å². The molecule has 1 aromatic heterocycles. The predicted molar refractivity (Wildman–Crippen MR) is 143 cm³/mol. The van der Waals surface area contributed by atoms with Gasteiger partial charge in [0.25, 0.3) is 0 Å². The van der Waals surface area contributed by atoms with Gasteiger partial charge in [0.2, 0.25) is 0 Å². The van der Waals surface area contributed by atoms with Crippen LogP contribution in [0.3, 0.4) is 0 Å². The van der Waals surface area contributed by atoms with Gasteiger partial charge in [-0.15, -0.1) is 0 Å². The van der Waals surface area contributed by atoms with Crippen molar-refractivity contribution in [3.63, 3.8) is 0 Å². The number of fused-ring (bicyclic) bond motifs is 1. The lowest BCUT2D eigenvalue weighted by molar-refractivity contribution is 0.0357. The lowest BCUT2D eigenvalue weighted by atomic mass is 9.96. The van der Waals surface area contributed by atoms with Gasteiger partial charge in [-0.1, -0.05) is 0 Å². The minimum Gasteiger partial charge on any atom is -0.493 e. The first-order valence-electron chi connectivity index (χ1n) is 13.4. The Morgan fingerprint density at radius 1 is 1.08 bits per heavy atom. The molecule has 0 atom stereocenters. The van der Waals surface area contributed by atoms with E-state index in [1.807, 2.05) is 18.2 Å². The van der Waals surface area contributed by atoms with Gasteiger partial charge >= 0.3 is 0 Å². The van der Waals surface area contributed by atoms with Gasteiger partial charge < -0.3 is 29.4 Å². The summed E-state index contributed by atoms with van der Waals surface area (Å²) < 4.78 is 29.2. The molecule has 5 rings (SSSR count). The third kappa shape index (κ3) is 6.91. The Morgan fingerprint density at radius 2 is 1.86 bits per heavy atom. The highest BCUT2D eigenvalue weighted by molar-refractivity contribution is 5.89. The van der Waals surface area contributed by atoms with Crippen molar-refractivity contribution >= 4 is 17.1 Å². The highest BCUT2D eigenvalue weighted by Gasteiger charge is 2.23. The minimum atomic E-state index is 0.217. The quantitative estimate of drug-likeness (QED) is 0.278. The Bertz CT molecular complexity index is 1110. The van der Waals surface area contributed by atoms with E-state index < -0.39 is 0 Å². The highest BCUT2D eigenvalue weighted by atomic mass is 16.5. The topological polar surface area (TPSA) is 101 Å². The smallest absolute Gasteiger partial charge is 0.164 e. The van der Waals surface area contributed by atoms with Crippen LogP contribution in [0.4, 0.5) is 0 Å². The number of allylic oxidation sites excluding steroid dienone is 2. The van der Waals surface area contributed by atoms with E-state index in [0.29, 0.717) is 48.9 Å². The molecule has 1 aromatic carbocycles. The molecule has 9 nitrogen and oxygen atoms in total. The fourth-order valence-corrected chi connectivity index (χ4v) is 4.67. The average Bonchev–Trinajstić information content (AvgIpc) is 3.78. The summed E-state index contributed by atoms with van der Waals surface area (Å²) in [6.45, 7) is 6.58. The third-order valence-electron chi connectivity index (χ3n) is 7.08. The summed E-state index contributed by atoms with van der Waals surface area (Å²) in [5.74, 6) is 2.80. The van der Waals surface area contributed by atoms with Crippen LogP contribution in [0.2, 0.25) is 0 Å². The van der Waals surface area contributed by atoms with E-state index in [0.717, 1.165) is 81.6 Å². The maximum absolute atomic E-state index is 6.63. The number of hydrogen-bond donors (Lipinski definition) is 1. The number of pyridine rings is 1. The van der Waals surface area contributed by atoms with Crippen molar-refractivity contribution in [3.8, 4) is 17.2 Å². The highest BCUT2D eigenvalue weighted by Crippen LogP contribution is 2.36.